The second-order valence-corrected chi connectivity index (χ2v) is 5.83. The third kappa shape index (κ3) is 3.71. The Labute approximate surface area is 151 Å². The summed E-state index contributed by atoms with van der Waals surface area (Å²) in [5, 5.41) is 27.6. The van der Waals surface area contributed by atoms with Crippen LogP contribution in [0.15, 0.2) is 36.7 Å². The topological polar surface area (TPSA) is 76.1 Å². The molecular weight excluding hydrogens is 368 g/mol. The van der Waals surface area contributed by atoms with Gasteiger partial charge in [0, 0.05) is 23.9 Å². The monoisotopic (exact) mass is 384 g/mol. The molecule has 0 radical (unpaired) electrons. The van der Waals surface area contributed by atoms with Gasteiger partial charge >= 0.3 is 6.18 Å². The molecule has 2 heterocycles. The van der Waals surface area contributed by atoms with Crippen molar-refractivity contribution in [2.75, 3.05) is 0 Å². The zero-order chi connectivity index (χ0) is 19.8. The lowest BCUT2D eigenvalue weighted by Gasteiger charge is -2.14. The van der Waals surface area contributed by atoms with Crippen molar-refractivity contribution < 1.29 is 27.8 Å². The number of hydrogen-bond donors (Lipinski definition) is 2. The summed E-state index contributed by atoms with van der Waals surface area (Å²) in [5.74, 6) is -0.655. The SMILES string of the molecule is CCn1cc(C(O)c2cc(C(F)(F)F)nn2-c2ccc(F)cc2CO)cn1. The standard InChI is InChI=1S/C17H16F4N4O2/c1-2-24-8-11(7-22-24)16(27)14-6-15(17(19,20)21)23-25(14)13-4-3-12(18)5-10(13)9-26/h3-8,16,26-27H,2,9H2,1H3. The number of aliphatic hydroxyl groups is 2. The minimum atomic E-state index is -4.74. The molecule has 3 aromatic rings. The average molecular weight is 384 g/mol. The molecule has 0 fully saturated rings. The number of aliphatic hydroxyl groups excluding tert-OH is 2. The lowest BCUT2D eigenvalue weighted by atomic mass is 10.1. The first-order valence-corrected chi connectivity index (χ1v) is 8.01. The molecule has 144 valence electrons. The van der Waals surface area contributed by atoms with Gasteiger partial charge in [-0.1, -0.05) is 0 Å². The fourth-order valence-electron chi connectivity index (χ4n) is 2.67. The van der Waals surface area contributed by atoms with Crippen molar-refractivity contribution in [3.63, 3.8) is 0 Å². The summed E-state index contributed by atoms with van der Waals surface area (Å²) in [6.45, 7) is 1.73. The van der Waals surface area contributed by atoms with Crippen LogP contribution < -0.4 is 0 Å². The summed E-state index contributed by atoms with van der Waals surface area (Å²) in [5.41, 5.74) is -1.05. The number of benzene rings is 1. The van der Waals surface area contributed by atoms with Crippen molar-refractivity contribution in [3.05, 3.63) is 65.0 Å². The Hall–Kier alpha value is -2.72. The van der Waals surface area contributed by atoms with Crippen LogP contribution in [0.5, 0.6) is 0 Å². The Kier molecular flexibility index (Phi) is 5.03. The minimum absolute atomic E-state index is 0.0320. The van der Waals surface area contributed by atoms with Crippen molar-refractivity contribution in [3.8, 4) is 5.69 Å². The second kappa shape index (κ2) is 7.12. The Morgan fingerprint density at radius 1 is 1.22 bits per heavy atom. The first-order valence-electron chi connectivity index (χ1n) is 8.01. The van der Waals surface area contributed by atoms with Crippen LogP contribution in [0.4, 0.5) is 17.6 Å². The first kappa shape index (κ1) is 19.1. The van der Waals surface area contributed by atoms with E-state index < -0.39 is 30.4 Å². The molecule has 27 heavy (non-hydrogen) atoms. The predicted molar refractivity (Wildman–Crippen MR) is 86.4 cm³/mol. The summed E-state index contributed by atoms with van der Waals surface area (Å²) in [6, 6.07) is 3.95. The van der Waals surface area contributed by atoms with Crippen LogP contribution >= 0.6 is 0 Å². The third-order valence-corrected chi connectivity index (χ3v) is 4.04. The fraction of sp³-hybridized carbons (Fsp3) is 0.294. The zero-order valence-corrected chi connectivity index (χ0v) is 14.2. The summed E-state index contributed by atoms with van der Waals surface area (Å²) in [7, 11) is 0. The van der Waals surface area contributed by atoms with Gasteiger partial charge in [-0.2, -0.15) is 23.4 Å². The number of aryl methyl sites for hydroxylation is 1. The van der Waals surface area contributed by atoms with E-state index in [1.165, 1.54) is 23.1 Å². The largest absolute Gasteiger partial charge is 0.435 e. The average Bonchev–Trinajstić information content (AvgIpc) is 3.27. The van der Waals surface area contributed by atoms with E-state index in [0.29, 0.717) is 6.54 Å². The number of halogens is 4. The molecule has 3 rings (SSSR count). The van der Waals surface area contributed by atoms with Crippen LogP contribution in [-0.2, 0) is 19.3 Å². The highest BCUT2D eigenvalue weighted by molar-refractivity contribution is 5.43. The molecule has 0 amide bonds. The zero-order valence-electron chi connectivity index (χ0n) is 14.2. The van der Waals surface area contributed by atoms with Crippen LogP contribution in [0.25, 0.3) is 5.69 Å². The highest BCUT2D eigenvalue weighted by Crippen LogP contribution is 2.33. The molecule has 0 spiro atoms. The molecule has 2 N–H and O–H groups in total. The van der Waals surface area contributed by atoms with E-state index in [1.54, 1.807) is 0 Å². The van der Waals surface area contributed by atoms with Gasteiger partial charge in [0.2, 0.25) is 0 Å². The molecule has 1 atom stereocenters. The second-order valence-electron chi connectivity index (χ2n) is 5.83. The van der Waals surface area contributed by atoms with E-state index >= 15 is 0 Å². The van der Waals surface area contributed by atoms with Gasteiger partial charge < -0.3 is 10.2 Å². The number of hydrogen-bond acceptors (Lipinski definition) is 4. The van der Waals surface area contributed by atoms with Gasteiger partial charge in [-0.25, -0.2) is 9.07 Å². The lowest BCUT2D eigenvalue weighted by Crippen LogP contribution is -2.11. The van der Waals surface area contributed by atoms with Crippen LogP contribution in [0.1, 0.15) is 35.5 Å². The molecule has 0 aliphatic heterocycles. The van der Waals surface area contributed by atoms with Crippen molar-refractivity contribution in [1.29, 1.82) is 0 Å². The Morgan fingerprint density at radius 2 is 1.96 bits per heavy atom. The molecule has 0 saturated carbocycles. The minimum Gasteiger partial charge on any atom is -0.392 e. The molecule has 0 aliphatic rings. The fourth-order valence-corrected chi connectivity index (χ4v) is 2.67. The summed E-state index contributed by atoms with van der Waals surface area (Å²) < 4.78 is 55.4. The molecule has 0 aliphatic carbocycles. The Morgan fingerprint density at radius 3 is 2.56 bits per heavy atom. The van der Waals surface area contributed by atoms with Gasteiger partial charge in [-0.05, 0) is 31.2 Å². The normalized spacial score (nSPS) is 13.1. The molecule has 2 aromatic heterocycles. The Balaban J connectivity index is 2.17. The maximum absolute atomic E-state index is 13.4. The van der Waals surface area contributed by atoms with E-state index in [-0.39, 0.29) is 22.5 Å². The molecule has 0 bridgehead atoms. The van der Waals surface area contributed by atoms with E-state index in [1.807, 2.05) is 6.92 Å². The molecule has 10 heteroatoms. The third-order valence-electron chi connectivity index (χ3n) is 4.04. The van der Waals surface area contributed by atoms with Crippen LogP contribution in [-0.4, -0.2) is 29.8 Å². The number of aromatic nitrogens is 4. The highest BCUT2D eigenvalue weighted by atomic mass is 19.4. The van der Waals surface area contributed by atoms with Crippen LogP contribution in [0.3, 0.4) is 0 Å². The molecule has 1 unspecified atom stereocenters. The maximum Gasteiger partial charge on any atom is 0.435 e. The quantitative estimate of drug-likeness (QED) is 0.664. The number of rotatable bonds is 5. The summed E-state index contributed by atoms with van der Waals surface area (Å²) in [6.07, 6.45) is -3.35. The molecule has 6 nitrogen and oxygen atoms in total. The number of nitrogens with zero attached hydrogens (tertiary/aromatic N) is 4. The van der Waals surface area contributed by atoms with Crippen LogP contribution in [0, 0.1) is 5.82 Å². The van der Waals surface area contributed by atoms with Crippen LogP contribution in [0.2, 0.25) is 0 Å². The van der Waals surface area contributed by atoms with Crippen molar-refractivity contribution in [2.24, 2.45) is 0 Å². The lowest BCUT2D eigenvalue weighted by molar-refractivity contribution is -0.141. The van der Waals surface area contributed by atoms with E-state index in [0.717, 1.165) is 22.9 Å². The predicted octanol–water partition coefficient (Wildman–Crippen LogP) is 2.82. The van der Waals surface area contributed by atoms with Crippen molar-refractivity contribution >= 4 is 0 Å². The molecule has 0 saturated heterocycles. The van der Waals surface area contributed by atoms with Gasteiger partial charge in [0.25, 0.3) is 0 Å². The van der Waals surface area contributed by atoms with Gasteiger partial charge in [0.15, 0.2) is 5.69 Å². The highest BCUT2D eigenvalue weighted by Gasteiger charge is 2.36. The van der Waals surface area contributed by atoms with Crippen molar-refractivity contribution in [2.45, 2.75) is 32.4 Å². The van der Waals surface area contributed by atoms with E-state index in [4.69, 9.17) is 0 Å². The summed E-state index contributed by atoms with van der Waals surface area (Å²) in [4.78, 5) is 0. The van der Waals surface area contributed by atoms with Gasteiger partial charge in [-0.3, -0.25) is 4.68 Å². The van der Waals surface area contributed by atoms with Gasteiger partial charge in [0.1, 0.15) is 11.9 Å². The van der Waals surface area contributed by atoms with E-state index in [2.05, 4.69) is 10.2 Å². The molecular formula is C17H16F4N4O2. The van der Waals surface area contributed by atoms with Crippen molar-refractivity contribution in [1.82, 2.24) is 19.6 Å². The Bertz CT molecular complexity index is 949. The molecule has 1 aromatic carbocycles. The smallest absolute Gasteiger partial charge is 0.392 e. The van der Waals surface area contributed by atoms with E-state index in [9.17, 15) is 27.8 Å². The summed E-state index contributed by atoms with van der Waals surface area (Å²) >= 11 is 0. The first-order chi connectivity index (χ1) is 12.7. The van der Waals surface area contributed by atoms with Gasteiger partial charge in [-0.15, -0.1) is 0 Å². The number of alkyl halides is 3. The maximum atomic E-state index is 13.4. The van der Waals surface area contributed by atoms with Gasteiger partial charge in [0.05, 0.1) is 24.2 Å².